The van der Waals surface area contributed by atoms with Gasteiger partial charge < -0.3 is 15.3 Å². The molecule has 0 bridgehead atoms. The summed E-state index contributed by atoms with van der Waals surface area (Å²) in [7, 11) is 0. The molecule has 5 aromatic rings. The number of carboxylic acid groups (broad SMARTS) is 1. The van der Waals surface area contributed by atoms with Gasteiger partial charge in [0.15, 0.2) is 5.82 Å². The normalized spacial score (nSPS) is 15.3. The number of thiophene rings is 1. The summed E-state index contributed by atoms with van der Waals surface area (Å²) in [5.41, 5.74) is 5.54. The van der Waals surface area contributed by atoms with Crippen LogP contribution < -0.4 is 5.32 Å². The van der Waals surface area contributed by atoms with E-state index in [1.807, 2.05) is 36.4 Å². The van der Waals surface area contributed by atoms with Gasteiger partial charge in [0.2, 0.25) is 5.91 Å². The Bertz CT molecular complexity index is 2080. The standard InChI is InChI=1S/C41H39FN4O4S/c1-41(2,3)36-17-16-35(51-36)38(47)45-34(39(48)46-22-31(23-46)40(49)50)18-24-4-6-28(7-5-24)37-43-20-30(21-44-37)32-15-14-29(19-33(32)42)27-12-10-26(11-13-27)25-8-9-25/h4-7,10-17,19-21,25,31,34H,8-9,18,22-23H2,1-3H3,(H,45,47)(H,49,50)/t34-/m0/s1. The van der Waals surface area contributed by atoms with Crippen molar-refractivity contribution in [3.63, 3.8) is 0 Å². The molecule has 2 fully saturated rings. The first kappa shape index (κ1) is 34.2. The summed E-state index contributed by atoms with van der Waals surface area (Å²) in [6, 6.07) is 23.8. The molecule has 8 nitrogen and oxygen atoms in total. The largest absolute Gasteiger partial charge is 0.481 e. The second kappa shape index (κ2) is 13.8. The first-order chi connectivity index (χ1) is 24.4. The minimum Gasteiger partial charge on any atom is -0.481 e. The number of carbonyl (C=O) groups is 3. The summed E-state index contributed by atoms with van der Waals surface area (Å²) in [5, 5.41) is 12.2. The van der Waals surface area contributed by atoms with Crippen molar-refractivity contribution in [1.29, 1.82) is 0 Å². The summed E-state index contributed by atoms with van der Waals surface area (Å²) < 4.78 is 15.3. The molecule has 7 rings (SSSR count). The Balaban J connectivity index is 1.03. The molecule has 51 heavy (non-hydrogen) atoms. The van der Waals surface area contributed by atoms with Crippen LogP contribution in [-0.2, 0) is 21.4 Å². The van der Waals surface area contributed by atoms with Gasteiger partial charge in [-0.25, -0.2) is 14.4 Å². The average molecular weight is 703 g/mol. The van der Waals surface area contributed by atoms with Crippen molar-refractivity contribution in [2.75, 3.05) is 13.1 Å². The van der Waals surface area contributed by atoms with Crippen LogP contribution in [0.3, 0.4) is 0 Å². The number of hydrogen-bond donors (Lipinski definition) is 2. The first-order valence-corrected chi connectivity index (χ1v) is 18.0. The monoisotopic (exact) mass is 702 g/mol. The van der Waals surface area contributed by atoms with Crippen LogP contribution in [0.15, 0.2) is 91.3 Å². The zero-order chi connectivity index (χ0) is 35.9. The van der Waals surface area contributed by atoms with Crippen LogP contribution in [-0.4, -0.2) is 56.9 Å². The third-order valence-corrected chi connectivity index (χ3v) is 11.1. The van der Waals surface area contributed by atoms with Crippen molar-refractivity contribution in [3.05, 3.63) is 118 Å². The number of halogens is 1. The number of nitrogens with one attached hydrogen (secondary N) is 1. The Morgan fingerprint density at radius 3 is 2.12 bits per heavy atom. The fourth-order valence-electron chi connectivity index (χ4n) is 6.26. The van der Waals surface area contributed by atoms with Crippen molar-refractivity contribution in [1.82, 2.24) is 20.2 Å². The highest BCUT2D eigenvalue weighted by atomic mass is 32.1. The zero-order valence-electron chi connectivity index (χ0n) is 28.7. The van der Waals surface area contributed by atoms with E-state index >= 15 is 4.39 Å². The molecule has 0 unspecified atom stereocenters. The minimum absolute atomic E-state index is 0.113. The highest BCUT2D eigenvalue weighted by Gasteiger charge is 2.39. The summed E-state index contributed by atoms with van der Waals surface area (Å²) in [6.07, 6.45) is 5.92. The van der Waals surface area contributed by atoms with E-state index in [0.717, 1.165) is 27.1 Å². The molecule has 3 aromatic carbocycles. The van der Waals surface area contributed by atoms with Crippen LogP contribution in [0.1, 0.15) is 65.2 Å². The Labute approximate surface area is 300 Å². The maximum atomic E-state index is 15.3. The Hall–Kier alpha value is -5.22. The molecule has 1 saturated carbocycles. The van der Waals surface area contributed by atoms with Gasteiger partial charge in [0.1, 0.15) is 11.9 Å². The summed E-state index contributed by atoms with van der Waals surface area (Å²) in [4.78, 5) is 50.2. The number of aliphatic carboxylic acids is 1. The molecule has 1 aliphatic heterocycles. The van der Waals surface area contributed by atoms with E-state index in [9.17, 15) is 19.5 Å². The van der Waals surface area contributed by atoms with Crippen molar-refractivity contribution >= 4 is 29.1 Å². The molecule has 2 amide bonds. The number of nitrogens with zero attached hydrogens (tertiary/aromatic N) is 3. The number of aromatic nitrogens is 2. The molecule has 0 radical (unpaired) electrons. The van der Waals surface area contributed by atoms with Gasteiger partial charge in [0, 0.05) is 53.5 Å². The number of carbonyl (C=O) groups excluding carboxylic acids is 2. The molecule has 1 saturated heterocycles. The topological polar surface area (TPSA) is 112 Å². The van der Waals surface area contributed by atoms with Crippen molar-refractivity contribution < 1.29 is 23.9 Å². The van der Waals surface area contributed by atoms with E-state index in [1.165, 1.54) is 34.6 Å². The molecule has 2 aromatic heterocycles. The predicted molar refractivity (Wildman–Crippen MR) is 196 cm³/mol. The third-order valence-electron chi connectivity index (χ3n) is 9.59. The van der Waals surface area contributed by atoms with E-state index in [-0.39, 0.29) is 42.6 Å². The summed E-state index contributed by atoms with van der Waals surface area (Å²) in [5.74, 6) is -1.41. The van der Waals surface area contributed by atoms with Gasteiger partial charge in [-0.15, -0.1) is 11.3 Å². The zero-order valence-corrected chi connectivity index (χ0v) is 29.5. The molecule has 10 heteroatoms. The van der Waals surface area contributed by atoms with E-state index in [0.29, 0.717) is 27.7 Å². The Morgan fingerprint density at radius 2 is 1.53 bits per heavy atom. The molecule has 1 aliphatic carbocycles. The molecule has 1 atom stereocenters. The van der Waals surface area contributed by atoms with Crippen LogP contribution >= 0.6 is 11.3 Å². The lowest BCUT2D eigenvalue weighted by molar-refractivity contribution is -0.153. The van der Waals surface area contributed by atoms with Crippen molar-refractivity contribution in [2.45, 2.75) is 57.4 Å². The summed E-state index contributed by atoms with van der Waals surface area (Å²) >= 11 is 1.39. The number of benzene rings is 3. The fourth-order valence-corrected chi connectivity index (χ4v) is 7.23. The van der Waals surface area contributed by atoms with Crippen LogP contribution in [0.2, 0.25) is 0 Å². The lowest BCUT2D eigenvalue weighted by Crippen LogP contribution is -2.59. The lowest BCUT2D eigenvalue weighted by atomic mass is 9.95. The molecule has 3 heterocycles. The number of hydrogen-bond acceptors (Lipinski definition) is 6. The van der Waals surface area contributed by atoms with Crippen LogP contribution in [0.4, 0.5) is 4.39 Å². The lowest BCUT2D eigenvalue weighted by Gasteiger charge is -2.38. The maximum absolute atomic E-state index is 15.3. The van der Waals surface area contributed by atoms with Gasteiger partial charge >= 0.3 is 5.97 Å². The predicted octanol–water partition coefficient (Wildman–Crippen LogP) is 7.74. The molecule has 260 valence electrons. The van der Waals surface area contributed by atoms with Crippen molar-refractivity contribution in [2.24, 2.45) is 5.92 Å². The molecule has 0 spiro atoms. The molecule has 2 N–H and O–H groups in total. The third kappa shape index (κ3) is 7.61. The smallest absolute Gasteiger partial charge is 0.310 e. The molecular weight excluding hydrogens is 664 g/mol. The van der Waals surface area contributed by atoms with Gasteiger partial charge in [-0.3, -0.25) is 14.4 Å². The fraction of sp³-hybridized carbons (Fsp3) is 0.293. The highest BCUT2D eigenvalue weighted by molar-refractivity contribution is 7.14. The number of carboxylic acids is 1. The Kier molecular flexibility index (Phi) is 9.28. The number of amides is 2. The van der Waals surface area contributed by atoms with Gasteiger partial charge in [0.05, 0.1) is 10.8 Å². The van der Waals surface area contributed by atoms with E-state index in [2.05, 4.69) is 60.3 Å². The van der Waals surface area contributed by atoms with E-state index in [4.69, 9.17) is 0 Å². The van der Waals surface area contributed by atoms with Crippen molar-refractivity contribution in [3.8, 4) is 33.6 Å². The molecule has 2 aliphatic rings. The summed E-state index contributed by atoms with van der Waals surface area (Å²) in [6.45, 7) is 6.45. The Morgan fingerprint density at radius 1 is 0.882 bits per heavy atom. The number of likely N-dealkylation sites (tertiary alicyclic amines) is 1. The first-order valence-electron chi connectivity index (χ1n) is 17.2. The van der Waals surface area contributed by atoms with E-state index < -0.39 is 17.9 Å². The quantitative estimate of drug-likeness (QED) is 0.154. The van der Waals surface area contributed by atoms with Crippen LogP contribution in [0.25, 0.3) is 33.6 Å². The van der Waals surface area contributed by atoms with E-state index in [1.54, 1.807) is 30.6 Å². The average Bonchev–Trinajstić information content (AvgIpc) is 3.81. The van der Waals surface area contributed by atoms with Gasteiger partial charge in [-0.05, 0) is 64.6 Å². The minimum atomic E-state index is -0.938. The number of rotatable bonds is 10. The van der Waals surface area contributed by atoms with Gasteiger partial charge in [-0.2, -0.15) is 0 Å². The second-order valence-corrected chi connectivity index (χ2v) is 15.6. The van der Waals surface area contributed by atoms with Gasteiger partial charge in [0.25, 0.3) is 5.91 Å². The van der Waals surface area contributed by atoms with Gasteiger partial charge in [-0.1, -0.05) is 81.4 Å². The maximum Gasteiger partial charge on any atom is 0.310 e. The second-order valence-electron chi connectivity index (χ2n) is 14.5. The highest BCUT2D eigenvalue weighted by Crippen LogP contribution is 2.40. The SMILES string of the molecule is CC(C)(C)c1ccc(C(=O)N[C@@H](Cc2ccc(-c3ncc(-c4ccc(-c5ccc(C6CC6)cc5)cc4F)cn3)cc2)C(=O)N2CC(C(=O)O)C2)s1. The van der Waals surface area contributed by atoms with Crippen LogP contribution in [0, 0.1) is 11.7 Å². The van der Waals surface area contributed by atoms with Crippen LogP contribution in [0.5, 0.6) is 0 Å². The molecular formula is C41H39FN4O4S.